The average molecular weight is 349 g/mol. The van der Waals surface area contributed by atoms with Crippen molar-refractivity contribution in [2.45, 2.75) is 45.6 Å². The van der Waals surface area contributed by atoms with Crippen LogP contribution in [-0.2, 0) is 20.8 Å². The normalized spacial score (nSPS) is 13.0. The van der Waals surface area contributed by atoms with Gasteiger partial charge in [0.25, 0.3) is 0 Å². The molecule has 1 atom stereocenters. The van der Waals surface area contributed by atoms with Crippen molar-refractivity contribution in [3.63, 3.8) is 0 Å². The van der Waals surface area contributed by atoms with Gasteiger partial charge >= 0.3 is 5.97 Å². The quantitative estimate of drug-likeness (QED) is 0.547. The number of aliphatic carboxylic acids is 1. The molecule has 0 radical (unpaired) electrons. The van der Waals surface area contributed by atoms with Crippen molar-refractivity contribution in [2.75, 3.05) is 0 Å². The summed E-state index contributed by atoms with van der Waals surface area (Å²) in [4.78, 5) is 33.8. The number of carboxylic acid groups (broad SMARTS) is 1. The number of hydrogen-bond acceptors (Lipinski definition) is 5. The fraction of sp³-hybridized carbons (Fsp3) is 0.412. The van der Waals surface area contributed by atoms with E-state index in [2.05, 4.69) is 10.5 Å². The van der Waals surface area contributed by atoms with Crippen LogP contribution in [0.15, 0.2) is 28.8 Å². The molecule has 0 aromatic carbocycles. The van der Waals surface area contributed by atoms with Gasteiger partial charge in [0.15, 0.2) is 0 Å². The van der Waals surface area contributed by atoms with Gasteiger partial charge in [0.1, 0.15) is 17.5 Å². The SMILES string of the molecule is CC=CC(=CC)c1cc(CCC(=O)N[C@@H](CCC(=O)O)C(N)=O)on1. The zero-order chi connectivity index (χ0) is 18.8. The molecular weight excluding hydrogens is 326 g/mol. The lowest BCUT2D eigenvalue weighted by Gasteiger charge is -2.14. The number of hydrogen-bond donors (Lipinski definition) is 3. The van der Waals surface area contributed by atoms with Crippen molar-refractivity contribution in [2.24, 2.45) is 5.73 Å². The van der Waals surface area contributed by atoms with E-state index < -0.39 is 23.8 Å². The van der Waals surface area contributed by atoms with Gasteiger partial charge in [-0.05, 0) is 25.8 Å². The summed E-state index contributed by atoms with van der Waals surface area (Å²) in [5, 5.41) is 15.0. The molecule has 136 valence electrons. The predicted molar refractivity (Wildman–Crippen MR) is 91.3 cm³/mol. The van der Waals surface area contributed by atoms with Gasteiger partial charge in [0.05, 0.1) is 0 Å². The lowest BCUT2D eigenvalue weighted by Crippen LogP contribution is -2.44. The third-order valence-electron chi connectivity index (χ3n) is 3.44. The lowest BCUT2D eigenvalue weighted by molar-refractivity contribution is -0.137. The molecular formula is C17H23N3O5. The number of nitrogens with two attached hydrogens (primary N) is 1. The first-order chi connectivity index (χ1) is 11.9. The Kier molecular flexibility index (Phi) is 8.11. The standard InChI is InChI=1S/C17H23N3O5/c1-3-5-11(4-2)14-10-12(25-20-14)6-8-15(21)19-13(17(18)24)7-9-16(22)23/h3-5,10,13H,6-9H2,1-2H3,(H2,18,24)(H,19,21)(H,22,23)/t13-/m0/s1. The number of primary amides is 1. The molecule has 4 N–H and O–H groups in total. The summed E-state index contributed by atoms with van der Waals surface area (Å²) in [6.07, 6.45) is 5.75. The van der Waals surface area contributed by atoms with Crippen LogP contribution in [0.5, 0.6) is 0 Å². The van der Waals surface area contributed by atoms with Gasteiger partial charge in [-0.15, -0.1) is 0 Å². The molecule has 0 aliphatic heterocycles. The lowest BCUT2D eigenvalue weighted by atomic mass is 10.1. The van der Waals surface area contributed by atoms with Crippen molar-refractivity contribution < 1.29 is 24.0 Å². The van der Waals surface area contributed by atoms with E-state index in [-0.39, 0.29) is 19.3 Å². The second-order valence-electron chi connectivity index (χ2n) is 5.38. The molecule has 0 spiro atoms. The maximum atomic E-state index is 11.9. The minimum Gasteiger partial charge on any atom is -0.481 e. The van der Waals surface area contributed by atoms with Gasteiger partial charge in [0, 0.05) is 25.3 Å². The molecule has 0 aliphatic carbocycles. The first kappa shape index (κ1) is 20.1. The van der Waals surface area contributed by atoms with E-state index in [0.717, 1.165) is 5.57 Å². The van der Waals surface area contributed by atoms with Gasteiger partial charge < -0.3 is 20.7 Å². The zero-order valence-corrected chi connectivity index (χ0v) is 14.3. The fourth-order valence-electron chi connectivity index (χ4n) is 2.13. The number of carbonyl (C=O) groups is 3. The molecule has 8 nitrogen and oxygen atoms in total. The Morgan fingerprint density at radius 1 is 1.36 bits per heavy atom. The average Bonchev–Trinajstić information content (AvgIpc) is 3.02. The highest BCUT2D eigenvalue weighted by atomic mass is 16.5. The summed E-state index contributed by atoms with van der Waals surface area (Å²) in [7, 11) is 0. The molecule has 0 fully saturated rings. The van der Waals surface area contributed by atoms with Crippen LogP contribution < -0.4 is 11.1 Å². The minimum atomic E-state index is -1.06. The van der Waals surface area contributed by atoms with Crippen LogP contribution in [0, 0.1) is 0 Å². The Balaban J connectivity index is 2.57. The smallest absolute Gasteiger partial charge is 0.303 e. The van der Waals surface area contributed by atoms with E-state index in [1.54, 1.807) is 6.07 Å². The Labute approximate surface area is 145 Å². The first-order valence-corrected chi connectivity index (χ1v) is 7.92. The Bertz CT molecular complexity index is 676. The summed E-state index contributed by atoms with van der Waals surface area (Å²) in [6.45, 7) is 3.78. The maximum absolute atomic E-state index is 11.9. The number of carbonyl (C=O) groups excluding carboxylic acids is 2. The van der Waals surface area contributed by atoms with Crippen LogP contribution in [0.25, 0.3) is 5.57 Å². The highest BCUT2D eigenvalue weighted by molar-refractivity contribution is 5.87. The van der Waals surface area contributed by atoms with Crippen LogP contribution in [0.3, 0.4) is 0 Å². The maximum Gasteiger partial charge on any atom is 0.303 e. The molecule has 0 bridgehead atoms. The number of allylic oxidation sites excluding steroid dienone is 4. The van der Waals surface area contributed by atoms with Crippen molar-refractivity contribution >= 4 is 23.4 Å². The molecule has 25 heavy (non-hydrogen) atoms. The topological polar surface area (TPSA) is 136 Å². The fourth-order valence-corrected chi connectivity index (χ4v) is 2.13. The predicted octanol–water partition coefficient (Wildman–Crippen LogP) is 1.42. The number of nitrogens with one attached hydrogen (secondary N) is 1. The second-order valence-corrected chi connectivity index (χ2v) is 5.38. The molecule has 1 aromatic heterocycles. The molecule has 1 rings (SSSR count). The minimum absolute atomic E-state index is 0.0448. The molecule has 2 amide bonds. The van der Waals surface area contributed by atoms with E-state index in [0.29, 0.717) is 17.9 Å². The third-order valence-corrected chi connectivity index (χ3v) is 3.44. The molecule has 1 heterocycles. The largest absolute Gasteiger partial charge is 0.481 e. The first-order valence-electron chi connectivity index (χ1n) is 7.92. The van der Waals surface area contributed by atoms with Crippen LogP contribution >= 0.6 is 0 Å². The van der Waals surface area contributed by atoms with Crippen molar-refractivity contribution in [3.8, 4) is 0 Å². The van der Waals surface area contributed by atoms with Gasteiger partial charge in [-0.25, -0.2) is 0 Å². The number of aromatic nitrogens is 1. The summed E-state index contributed by atoms with van der Waals surface area (Å²) in [6, 6.07) is 0.747. The molecule has 0 aliphatic rings. The van der Waals surface area contributed by atoms with Crippen LogP contribution in [0.4, 0.5) is 0 Å². The van der Waals surface area contributed by atoms with E-state index >= 15 is 0 Å². The number of aryl methyl sites for hydroxylation is 1. The van der Waals surface area contributed by atoms with Crippen LogP contribution in [-0.4, -0.2) is 34.1 Å². The van der Waals surface area contributed by atoms with E-state index in [9.17, 15) is 14.4 Å². The highest BCUT2D eigenvalue weighted by Crippen LogP contribution is 2.17. The molecule has 1 aromatic rings. The van der Waals surface area contributed by atoms with E-state index in [1.165, 1.54) is 0 Å². The molecule has 0 unspecified atom stereocenters. The van der Waals surface area contributed by atoms with Crippen molar-refractivity contribution in [1.82, 2.24) is 10.5 Å². The second kappa shape index (κ2) is 10.1. The summed E-state index contributed by atoms with van der Waals surface area (Å²) in [5.74, 6) is -1.70. The molecule has 0 saturated heterocycles. The highest BCUT2D eigenvalue weighted by Gasteiger charge is 2.19. The Hall–Kier alpha value is -2.90. The summed E-state index contributed by atoms with van der Waals surface area (Å²) < 4.78 is 5.20. The van der Waals surface area contributed by atoms with E-state index in [1.807, 2.05) is 32.1 Å². The molecule has 0 saturated carbocycles. The zero-order valence-electron chi connectivity index (χ0n) is 14.3. The Morgan fingerprint density at radius 3 is 2.64 bits per heavy atom. The van der Waals surface area contributed by atoms with Gasteiger partial charge in [-0.3, -0.25) is 14.4 Å². The third kappa shape index (κ3) is 7.03. The monoisotopic (exact) mass is 349 g/mol. The Morgan fingerprint density at radius 2 is 2.08 bits per heavy atom. The summed E-state index contributed by atoms with van der Waals surface area (Å²) >= 11 is 0. The van der Waals surface area contributed by atoms with Gasteiger partial charge in [0.2, 0.25) is 11.8 Å². The van der Waals surface area contributed by atoms with Gasteiger partial charge in [-0.1, -0.05) is 23.4 Å². The molecule has 8 heteroatoms. The van der Waals surface area contributed by atoms with Gasteiger partial charge in [-0.2, -0.15) is 0 Å². The van der Waals surface area contributed by atoms with Crippen LogP contribution in [0.2, 0.25) is 0 Å². The van der Waals surface area contributed by atoms with E-state index in [4.69, 9.17) is 15.4 Å². The number of carboxylic acids is 1. The van der Waals surface area contributed by atoms with Crippen molar-refractivity contribution in [1.29, 1.82) is 0 Å². The summed E-state index contributed by atoms with van der Waals surface area (Å²) in [5.41, 5.74) is 6.75. The number of amides is 2. The number of nitrogens with zero attached hydrogens (tertiary/aromatic N) is 1. The van der Waals surface area contributed by atoms with Crippen LogP contribution in [0.1, 0.15) is 44.6 Å². The number of rotatable bonds is 10. The van der Waals surface area contributed by atoms with Crippen molar-refractivity contribution in [3.05, 3.63) is 35.7 Å².